The Hall–Kier alpha value is -1.71. The number of rotatable bonds is 7. The molecule has 0 aliphatic heterocycles. The van der Waals surface area contributed by atoms with Crippen molar-refractivity contribution in [1.82, 2.24) is 5.32 Å². The molecule has 0 aromatic heterocycles. The second-order valence-electron chi connectivity index (χ2n) is 6.13. The Morgan fingerprint density at radius 3 is 2.30 bits per heavy atom. The van der Waals surface area contributed by atoms with E-state index in [1.807, 2.05) is 19.9 Å². The van der Waals surface area contributed by atoms with Crippen molar-refractivity contribution in [2.45, 2.75) is 58.9 Å². The first-order valence-electron chi connectivity index (χ1n) is 8.88. The molecule has 1 aromatic carbocycles. The number of hydrogen-bond acceptors (Lipinski definition) is 3. The molecule has 0 spiro atoms. The van der Waals surface area contributed by atoms with Crippen LogP contribution in [0.15, 0.2) is 18.2 Å². The zero-order valence-electron chi connectivity index (χ0n) is 14.6. The van der Waals surface area contributed by atoms with Crippen LogP contribution >= 0.6 is 0 Å². The van der Waals surface area contributed by atoms with Crippen LogP contribution in [0.4, 0.5) is 0 Å². The molecule has 0 saturated heterocycles. The Morgan fingerprint density at radius 1 is 1.04 bits per heavy atom. The van der Waals surface area contributed by atoms with E-state index in [4.69, 9.17) is 9.47 Å². The SMILES string of the molecule is CCOc1ccc(C(=O)NC2CCC(CC)CC2)cc1OCC. The monoisotopic (exact) mass is 319 g/mol. The lowest BCUT2D eigenvalue weighted by molar-refractivity contribution is 0.0921. The topological polar surface area (TPSA) is 47.6 Å². The van der Waals surface area contributed by atoms with Gasteiger partial charge in [0.05, 0.1) is 13.2 Å². The van der Waals surface area contributed by atoms with E-state index in [0.717, 1.165) is 18.8 Å². The molecule has 23 heavy (non-hydrogen) atoms. The second-order valence-corrected chi connectivity index (χ2v) is 6.13. The normalized spacial score (nSPS) is 20.8. The van der Waals surface area contributed by atoms with E-state index in [0.29, 0.717) is 36.3 Å². The molecule has 128 valence electrons. The highest BCUT2D eigenvalue weighted by Gasteiger charge is 2.22. The molecule has 0 atom stereocenters. The van der Waals surface area contributed by atoms with Gasteiger partial charge in [-0.25, -0.2) is 0 Å². The van der Waals surface area contributed by atoms with Gasteiger partial charge in [0.2, 0.25) is 0 Å². The van der Waals surface area contributed by atoms with E-state index in [9.17, 15) is 4.79 Å². The van der Waals surface area contributed by atoms with Gasteiger partial charge in [0, 0.05) is 11.6 Å². The van der Waals surface area contributed by atoms with Gasteiger partial charge in [-0.1, -0.05) is 13.3 Å². The highest BCUT2D eigenvalue weighted by atomic mass is 16.5. The summed E-state index contributed by atoms with van der Waals surface area (Å²) in [4.78, 5) is 12.5. The molecule has 1 fully saturated rings. The molecule has 1 aromatic rings. The summed E-state index contributed by atoms with van der Waals surface area (Å²) in [5.41, 5.74) is 0.634. The smallest absolute Gasteiger partial charge is 0.251 e. The van der Waals surface area contributed by atoms with Crippen LogP contribution in [0.1, 0.15) is 63.2 Å². The van der Waals surface area contributed by atoms with E-state index >= 15 is 0 Å². The van der Waals surface area contributed by atoms with Gasteiger partial charge in [-0.15, -0.1) is 0 Å². The van der Waals surface area contributed by atoms with E-state index < -0.39 is 0 Å². The largest absolute Gasteiger partial charge is 0.490 e. The fourth-order valence-corrected chi connectivity index (χ4v) is 3.18. The highest BCUT2D eigenvalue weighted by Crippen LogP contribution is 2.29. The predicted molar refractivity (Wildman–Crippen MR) is 92.3 cm³/mol. The number of ether oxygens (including phenoxy) is 2. The lowest BCUT2D eigenvalue weighted by atomic mass is 9.84. The molecule has 0 radical (unpaired) electrons. The van der Waals surface area contributed by atoms with Crippen molar-refractivity contribution >= 4 is 5.91 Å². The van der Waals surface area contributed by atoms with Crippen LogP contribution in [0, 0.1) is 5.92 Å². The number of nitrogens with one attached hydrogen (secondary N) is 1. The maximum absolute atomic E-state index is 12.5. The summed E-state index contributed by atoms with van der Waals surface area (Å²) < 4.78 is 11.1. The minimum atomic E-state index is -0.0195. The Labute approximate surface area is 139 Å². The quantitative estimate of drug-likeness (QED) is 0.820. The van der Waals surface area contributed by atoms with E-state index in [2.05, 4.69) is 12.2 Å². The van der Waals surface area contributed by atoms with E-state index in [-0.39, 0.29) is 5.91 Å². The van der Waals surface area contributed by atoms with Gasteiger partial charge in [-0.05, 0) is 63.6 Å². The van der Waals surface area contributed by atoms with Gasteiger partial charge < -0.3 is 14.8 Å². The summed E-state index contributed by atoms with van der Waals surface area (Å²) >= 11 is 0. The average Bonchev–Trinajstić information content (AvgIpc) is 2.57. The van der Waals surface area contributed by atoms with Gasteiger partial charge in [0.1, 0.15) is 0 Å². The van der Waals surface area contributed by atoms with E-state index in [1.54, 1.807) is 12.1 Å². The maximum atomic E-state index is 12.5. The molecule has 0 heterocycles. The Kier molecular flexibility index (Phi) is 6.75. The van der Waals surface area contributed by atoms with Crippen LogP contribution in [0.3, 0.4) is 0 Å². The van der Waals surface area contributed by atoms with Gasteiger partial charge >= 0.3 is 0 Å². The van der Waals surface area contributed by atoms with E-state index in [1.165, 1.54) is 19.3 Å². The van der Waals surface area contributed by atoms with Crippen molar-refractivity contribution in [3.8, 4) is 11.5 Å². The summed E-state index contributed by atoms with van der Waals surface area (Å²) in [5, 5.41) is 3.17. The molecule has 1 amide bonds. The van der Waals surface area contributed by atoms with Crippen LogP contribution in [0.2, 0.25) is 0 Å². The number of carbonyl (C=O) groups excluding carboxylic acids is 1. The zero-order chi connectivity index (χ0) is 16.7. The third-order valence-corrected chi connectivity index (χ3v) is 4.56. The van der Waals surface area contributed by atoms with Crippen molar-refractivity contribution in [2.24, 2.45) is 5.92 Å². The first-order valence-corrected chi connectivity index (χ1v) is 8.88. The first kappa shape index (κ1) is 17.6. The highest BCUT2D eigenvalue weighted by molar-refractivity contribution is 5.95. The maximum Gasteiger partial charge on any atom is 0.251 e. The van der Waals surface area contributed by atoms with Crippen LogP contribution in [0.5, 0.6) is 11.5 Å². The third-order valence-electron chi connectivity index (χ3n) is 4.56. The van der Waals surface area contributed by atoms with Crippen molar-refractivity contribution < 1.29 is 14.3 Å². The molecule has 1 N–H and O–H groups in total. The Balaban J connectivity index is 2.00. The first-order chi connectivity index (χ1) is 11.2. The molecule has 0 unspecified atom stereocenters. The van der Waals surface area contributed by atoms with Gasteiger partial charge in [0.15, 0.2) is 11.5 Å². The fourth-order valence-electron chi connectivity index (χ4n) is 3.18. The molecule has 1 aliphatic rings. The second kappa shape index (κ2) is 8.80. The predicted octanol–water partition coefficient (Wildman–Crippen LogP) is 4.18. The lowest BCUT2D eigenvalue weighted by Crippen LogP contribution is -2.37. The van der Waals surface area contributed by atoms with Crippen LogP contribution < -0.4 is 14.8 Å². The summed E-state index contributed by atoms with van der Waals surface area (Å²) in [6.07, 6.45) is 5.85. The third kappa shape index (κ3) is 4.88. The van der Waals surface area contributed by atoms with Crippen molar-refractivity contribution in [3.05, 3.63) is 23.8 Å². The van der Waals surface area contributed by atoms with Crippen molar-refractivity contribution in [3.63, 3.8) is 0 Å². The standard InChI is InChI=1S/C19H29NO3/c1-4-14-7-10-16(11-8-14)20-19(21)15-9-12-17(22-5-2)18(13-15)23-6-3/h9,12-14,16H,4-8,10-11H2,1-3H3,(H,20,21). The number of benzene rings is 1. The molecule has 0 bridgehead atoms. The summed E-state index contributed by atoms with van der Waals surface area (Å²) in [6.45, 7) is 7.23. The lowest BCUT2D eigenvalue weighted by Gasteiger charge is -2.28. The van der Waals surface area contributed by atoms with Gasteiger partial charge in [0.25, 0.3) is 5.91 Å². The molecule has 1 aliphatic carbocycles. The number of carbonyl (C=O) groups is 1. The zero-order valence-corrected chi connectivity index (χ0v) is 14.6. The fraction of sp³-hybridized carbons (Fsp3) is 0.632. The summed E-state index contributed by atoms with van der Waals surface area (Å²) in [7, 11) is 0. The Morgan fingerprint density at radius 2 is 1.70 bits per heavy atom. The minimum Gasteiger partial charge on any atom is -0.490 e. The van der Waals surface area contributed by atoms with Crippen molar-refractivity contribution in [1.29, 1.82) is 0 Å². The summed E-state index contributed by atoms with van der Waals surface area (Å²) in [6, 6.07) is 5.70. The van der Waals surface area contributed by atoms with Crippen LogP contribution in [-0.2, 0) is 0 Å². The Bertz CT molecular complexity index is 507. The summed E-state index contributed by atoms with van der Waals surface area (Å²) in [5.74, 6) is 2.14. The van der Waals surface area contributed by atoms with Crippen LogP contribution in [0.25, 0.3) is 0 Å². The molecule has 1 saturated carbocycles. The number of hydrogen-bond donors (Lipinski definition) is 1. The van der Waals surface area contributed by atoms with Gasteiger partial charge in [-0.2, -0.15) is 0 Å². The molecular formula is C19H29NO3. The van der Waals surface area contributed by atoms with Crippen molar-refractivity contribution in [2.75, 3.05) is 13.2 Å². The molecule has 2 rings (SSSR count). The molecule has 4 heteroatoms. The van der Waals surface area contributed by atoms with Crippen LogP contribution in [-0.4, -0.2) is 25.2 Å². The average molecular weight is 319 g/mol. The van der Waals surface area contributed by atoms with Gasteiger partial charge in [-0.3, -0.25) is 4.79 Å². The minimum absolute atomic E-state index is 0.0195. The number of amides is 1. The molecule has 4 nitrogen and oxygen atoms in total. The molecular weight excluding hydrogens is 290 g/mol.